The Bertz CT molecular complexity index is 1800. The van der Waals surface area contributed by atoms with Gasteiger partial charge in [-0.25, -0.2) is 0 Å². The van der Waals surface area contributed by atoms with Gasteiger partial charge in [-0.3, -0.25) is 14.4 Å². The van der Waals surface area contributed by atoms with Crippen LogP contribution in [0.3, 0.4) is 0 Å². The molecule has 9 unspecified atom stereocenters. The lowest BCUT2D eigenvalue weighted by Gasteiger charge is -2.42. The topological polar surface area (TPSA) is 313 Å². The molecule has 10 N–H and O–H groups in total. The molecule has 1 aromatic heterocycles. The van der Waals surface area contributed by atoms with Crippen LogP contribution in [-0.4, -0.2) is 137 Å². The molecule has 3 heterocycles. The number of hydrogen-bond donors (Lipinski definition) is 10. The van der Waals surface area contributed by atoms with Crippen LogP contribution < -0.4 is 10.2 Å². The van der Waals surface area contributed by atoms with Crippen molar-refractivity contribution in [2.75, 3.05) is 19.8 Å². The molecule has 2 fully saturated rings. The van der Waals surface area contributed by atoms with E-state index in [1.165, 1.54) is 24.3 Å². The summed E-state index contributed by atoms with van der Waals surface area (Å²) in [4.78, 5) is 37.4. The number of aliphatic hydroxyl groups is 6. The van der Waals surface area contributed by atoms with Gasteiger partial charge in [-0.2, -0.15) is 0 Å². The standard InChI is InChI=1S/C32H36O19/c1-31(44,8-19(37)38)9-20(39)46-10-18-22(40)24(42)27(51-30-28(43)32(45,11-33)12-47-30)29(49-18)50-26-23(41)21-16(36)6-15(35)7-17(21)48-25(26)13-2-4-14(34)5-3-13/h2-7,18,22,24,27-30,33-36,40,42-45H,8-12H2,1H3,(H,37,38). The number of ether oxygens (including phenoxy) is 5. The van der Waals surface area contributed by atoms with Crippen LogP contribution in [-0.2, 0) is 28.5 Å². The van der Waals surface area contributed by atoms with Crippen LogP contribution >= 0.6 is 0 Å². The van der Waals surface area contributed by atoms with Gasteiger partial charge in [0.25, 0.3) is 0 Å². The first kappa shape index (κ1) is 37.7. The molecule has 0 spiro atoms. The van der Waals surface area contributed by atoms with Crippen molar-refractivity contribution < 1.29 is 88.8 Å². The number of carbonyl (C=O) groups excluding carboxylic acids is 1. The minimum atomic E-state index is -2.19. The van der Waals surface area contributed by atoms with Crippen molar-refractivity contribution in [3.8, 4) is 34.3 Å². The Morgan fingerprint density at radius 3 is 2.31 bits per heavy atom. The maximum Gasteiger partial charge on any atom is 0.308 e. The molecule has 51 heavy (non-hydrogen) atoms. The average molecular weight is 725 g/mol. The van der Waals surface area contributed by atoms with Crippen molar-refractivity contribution >= 4 is 22.9 Å². The summed E-state index contributed by atoms with van der Waals surface area (Å²) in [7, 11) is 0. The highest BCUT2D eigenvalue weighted by Crippen LogP contribution is 2.38. The lowest BCUT2D eigenvalue weighted by atomic mass is 9.97. The minimum Gasteiger partial charge on any atom is -0.508 e. The zero-order valence-corrected chi connectivity index (χ0v) is 26.7. The van der Waals surface area contributed by atoms with E-state index >= 15 is 0 Å². The molecular formula is C32H36O19. The van der Waals surface area contributed by atoms with Crippen LogP contribution in [0.5, 0.6) is 23.0 Å². The smallest absolute Gasteiger partial charge is 0.308 e. The molecule has 9 atom stereocenters. The number of aliphatic carboxylic acids is 1. The number of carbonyl (C=O) groups is 2. The number of aliphatic hydroxyl groups excluding tert-OH is 4. The molecule has 0 aliphatic carbocycles. The molecular weight excluding hydrogens is 688 g/mol. The van der Waals surface area contributed by atoms with Gasteiger partial charge in [0.05, 0.1) is 31.7 Å². The highest BCUT2D eigenvalue weighted by molar-refractivity contribution is 5.88. The summed E-state index contributed by atoms with van der Waals surface area (Å²) in [5, 5.41) is 102. The molecule has 2 aliphatic rings. The first-order valence-electron chi connectivity index (χ1n) is 15.3. The second kappa shape index (κ2) is 14.6. The maximum atomic E-state index is 13.9. The number of rotatable bonds is 12. The molecule has 0 saturated carbocycles. The molecule has 19 nitrogen and oxygen atoms in total. The van der Waals surface area contributed by atoms with Crippen LogP contribution in [0, 0.1) is 0 Å². The number of carboxylic acid groups (broad SMARTS) is 1. The van der Waals surface area contributed by atoms with Crippen molar-refractivity contribution in [3.63, 3.8) is 0 Å². The third-order valence-electron chi connectivity index (χ3n) is 8.26. The van der Waals surface area contributed by atoms with E-state index in [0.717, 1.165) is 19.1 Å². The van der Waals surface area contributed by atoms with E-state index in [0.29, 0.717) is 0 Å². The Morgan fingerprint density at radius 2 is 1.69 bits per heavy atom. The van der Waals surface area contributed by atoms with E-state index in [1.54, 1.807) is 0 Å². The van der Waals surface area contributed by atoms with Crippen LogP contribution in [0.1, 0.15) is 19.8 Å². The Hall–Kier alpha value is -4.57. The quantitative estimate of drug-likeness (QED) is 0.0939. The second-order valence-electron chi connectivity index (χ2n) is 12.5. The minimum absolute atomic E-state index is 0.111. The summed E-state index contributed by atoms with van der Waals surface area (Å²) in [5.74, 6) is -4.90. The van der Waals surface area contributed by atoms with Gasteiger partial charge in [0.15, 0.2) is 18.2 Å². The Balaban J connectivity index is 1.53. The monoisotopic (exact) mass is 724 g/mol. The van der Waals surface area contributed by atoms with Gasteiger partial charge in [0.1, 0.15) is 64.8 Å². The number of fused-ring (bicyclic) bond motifs is 1. The van der Waals surface area contributed by atoms with E-state index in [-0.39, 0.29) is 22.7 Å². The number of benzene rings is 2. The van der Waals surface area contributed by atoms with Crippen LogP contribution in [0.25, 0.3) is 22.3 Å². The molecule has 2 saturated heterocycles. The Morgan fingerprint density at radius 1 is 1.00 bits per heavy atom. The zero-order chi connectivity index (χ0) is 37.4. The number of phenols is 3. The fourth-order valence-electron chi connectivity index (χ4n) is 5.57. The van der Waals surface area contributed by atoms with Crippen molar-refractivity contribution in [2.24, 2.45) is 0 Å². The molecule has 278 valence electrons. The predicted octanol–water partition coefficient (Wildman–Crippen LogP) is -1.61. The van der Waals surface area contributed by atoms with E-state index in [2.05, 4.69) is 0 Å². The lowest BCUT2D eigenvalue weighted by molar-refractivity contribution is -0.319. The van der Waals surface area contributed by atoms with Gasteiger partial charge in [-0.15, -0.1) is 0 Å². The largest absolute Gasteiger partial charge is 0.508 e. The molecule has 2 aromatic carbocycles. The van der Waals surface area contributed by atoms with E-state index in [9.17, 15) is 60.3 Å². The summed E-state index contributed by atoms with van der Waals surface area (Å²) in [5.41, 5.74) is -5.42. The average Bonchev–Trinajstić information content (AvgIpc) is 3.33. The van der Waals surface area contributed by atoms with Crippen molar-refractivity contribution in [2.45, 2.75) is 74.1 Å². The van der Waals surface area contributed by atoms with Crippen molar-refractivity contribution in [1.29, 1.82) is 0 Å². The predicted molar refractivity (Wildman–Crippen MR) is 165 cm³/mol. The van der Waals surface area contributed by atoms with Crippen molar-refractivity contribution in [1.82, 2.24) is 0 Å². The first-order valence-corrected chi connectivity index (χ1v) is 15.3. The second-order valence-corrected chi connectivity index (χ2v) is 12.5. The van der Waals surface area contributed by atoms with Crippen LogP contribution in [0.2, 0.25) is 0 Å². The fraction of sp³-hybridized carbons (Fsp3) is 0.469. The van der Waals surface area contributed by atoms with Crippen LogP contribution in [0.4, 0.5) is 0 Å². The SMILES string of the molecule is CC(O)(CC(=O)O)CC(=O)OCC1OC(Oc2c(-c3ccc(O)cc3)oc3cc(O)cc(O)c3c2=O)C(OC2OCC(O)(CO)C2O)C(O)C1O. The van der Waals surface area contributed by atoms with E-state index in [1.807, 2.05) is 0 Å². The summed E-state index contributed by atoms with van der Waals surface area (Å²) < 4.78 is 33.7. The Kier molecular flexibility index (Phi) is 10.8. The summed E-state index contributed by atoms with van der Waals surface area (Å²) >= 11 is 0. The van der Waals surface area contributed by atoms with Gasteiger partial charge in [-0.1, -0.05) is 0 Å². The molecule has 0 amide bonds. The van der Waals surface area contributed by atoms with E-state index in [4.69, 9.17) is 33.2 Å². The molecule has 19 heteroatoms. The molecule has 5 rings (SSSR count). The number of phenolic OH excluding ortho intramolecular Hbond substituents is 3. The number of hydrogen-bond acceptors (Lipinski definition) is 18. The maximum absolute atomic E-state index is 13.9. The highest BCUT2D eigenvalue weighted by Gasteiger charge is 2.54. The molecule has 3 aromatic rings. The third kappa shape index (κ3) is 8.01. The van der Waals surface area contributed by atoms with Gasteiger partial charge >= 0.3 is 11.9 Å². The summed E-state index contributed by atoms with van der Waals surface area (Å²) in [6.45, 7) is -1.32. The summed E-state index contributed by atoms with van der Waals surface area (Å²) in [6.07, 6.45) is -14.8. The summed E-state index contributed by atoms with van der Waals surface area (Å²) in [6, 6.07) is 7.02. The molecule has 2 aliphatic heterocycles. The Labute approximate surface area is 286 Å². The molecule has 0 radical (unpaired) electrons. The van der Waals surface area contributed by atoms with Gasteiger partial charge < -0.3 is 79.2 Å². The normalized spacial score (nSPS) is 29.0. The van der Waals surface area contributed by atoms with Gasteiger partial charge in [0, 0.05) is 17.7 Å². The first-order chi connectivity index (χ1) is 23.9. The number of aromatic hydroxyl groups is 3. The third-order valence-corrected chi connectivity index (χ3v) is 8.26. The highest BCUT2D eigenvalue weighted by atomic mass is 16.8. The zero-order valence-electron chi connectivity index (χ0n) is 26.7. The van der Waals surface area contributed by atoms with Crippen LogP contribution in [0.15, 0.2) is 45.6 Å². The number of esters is 1. The van der Waals surface area contributed by atoms with Crippen molar-refractivity contribution in [3.05, 3.63) is 46.6 Å². The van der Waals surface area contributed by atoms with E-state index < -0.39 is 127 Å². The van der Waals surface area contributed by atoms with Gasteiger partial charge in [0.2, 0.25) is 17.5 Å². The molecule has 0 bridgehead atoms. The lowest BCUT2D eigenvalue weighted by Crippen LogP contribution is -2.62. The number of carboxylic acids is 1. The van der Waals surface area contributed by atoms with Gasteiger partial charge in [-0.05, 0) is 31.2 Å². The fourth-order valence-corrected chi connectivity index (χ4v) is 5.57.